The molecule has 44 heavy (non-hydrogen) atoms. The van der Waals surface area contributed by atoms with Gasteiger partial charge in [-0.2, -0.15) is 5.26 Å². The third-order valence-corrected chi connectivity index (χ3v) is 7.90. The standard InChI is InChI=1S/C34H34N10/c1-3-6-24(4-2)29-12-13-30-34(41-29)44(33(42-30)28-7-5-16-38-31(28)36)27-10-8-23(9-11-27)21-43-17-14-26(15-18-43)40-32-25(19-35)20-37-22-39-32/h3-13,16,20,22,26H,14-15,17-18,21H2,1-2H3,(H2,36,38)(H,37,39,40)/b6-3+,24-4+. The number of hydrogen-bond acceptors (Lipinski definition) is 9. The highest BCUT2D eigenvalue weighted by molar-refractivity contribution is 5.85. The monoisotopic (exact) mass is 582 g/mol. The van der Waals surface area contributed by atoms with Gasteiger partial charge in [0.15, 0.2) is 11.5 Å². The van der Waals surface area contributed by atoms with Crippen LogP contribution in [0.15, 0.2) is 85.5 Å². The van der Waals surface area contributed by atoms with Gasteiger partial charge in [0.25, 0.3) is 0 Å². The van der Waals surface area contributed by atoms with Crippen molar-refractivity contribution in [2.75, 3.05) is 24.1 Å². The van der Waals surface area contributed by atoms with E-state index in [9.17, 15) is 5.26 Å². The smallest absolute Gasteiger partial charge is 0.165 e. The fourth-order valence-electron chi connectivity index (χ4n) is 5.62. The topological polar surface area (TPSA) is 134 Å². The van der Waals surface area contributed by atoms with E-state index in [2.05, 4.69) is 72.2 Å². The third-order valence-electron chi connectivity index (χ3n) is 7.90. The van der Waals surface area contributed by atoms with Crippen LogP contribution in [-0.2, 0) is 6.54 Å². The van der Waals surface area contributed by atoms with E-state index in [1.165, 1.54) is 11.9 Å². The molecule has 10 heteroatoms. The lowest BCUT2D eigenvalue weighted by Crippen LogP contribution is -2.38. The van der Waals surface area contributed by atoms with Crippen molar-refractivity contribution >= 4 is 28.4 Å². The van der Waals surface area contributed by atoms with Crippen LogP contribution in [0.25, 0.3) is 33.8 Å². The van der Waals surface area contributed by atoms with Gasteiger partial charge in [-0.25, -0.2) is 24.9 Å². The van der Waals surface area contributed by atoms with Crippen LogP contribution in [0.5, 0.6) is 0 Å². The first-order chi connectivity index (χ1) is 21.6. The molecule has 0 saturated carbocycles. The summed E-state index contributed by atoms with van der Waals surface area (Å²) < 4.78 is 2.07. The number of allylic oxidation sites excluding steroid dienone is 4. The quantitative estimate of drug-likeness (QED) is 0.218. The Bertz CT molecular complexity index is 1870. The Morgan fingerprint density at radius 3 is 2.61 bits per heavy atom. The summed E-state index contributed by atoms with van der Waals surface area (Å²) in [4.78, 5) is 25.0. The molecule has 0 unspecified atom stereocenters. The minimum Gasteiger partial charge on any atom is -0.383 e. The van der Waals surface area contributed by atoms with Crippen LogP contribution in [0.1, 0.15) is 43.5 Å². The lowest BCUT2D eigenvalue weighted by molar-refractivity contribution is 0.211. The zero-order valence-electron chi connectivity index (χ0n) is 24.9. The van der Waals surface area contributed by atoms with Crippen molar-refractivity contribution in [2.45, 2.75) is 39.3 Å². The van der Waals surface area contributed by atoms with Crippen LogP contribution < -0.4 is 11.1 Å². The van der Waals surface area contributed by atoms with Gasteiger partial charge in [0.05, 0.1) is 17.5 Å². The van der Waals surface area contributed by atoms with Gasteiger partial charge in [-0.1, -0.05) is 30.4 Å². The lowest BCUT2D eigenvalue weighted by Gasteiger charge is -2.32. The number of likely N-dealkylation sites (tertiary alicyclic amines) is 1. The van der Waals surface area contributed by atoms with Gasteiger partial charge < -0.3 is 11.1 Å². The number of anilines is 2. The molecule has 220 valence electrons. The van der Waals surface area contributed by atoms with Crippen LogP contribution in [0.4, 0.5) is 11.6 Å². The molecule has 0 radical (unpaired) electrons. The molecule has 1 fully saturated rings. The molecule has 5 heterocycles. The number of benzene rings is 1. The Balaban J connectivity index is 1.24. The SMILES string of the molecule is C/C=C/C(=C\C)c1ccc2nc(-c3cccnc3N)n(-c3ccc(CN4CCC(Nc5ncncc5C#N)CC4)cc3)c2n1. The summed E-state index contributed by atoms with van der Waals surface area (Å²) in [7, 11) is 0. The van der Waals surface area contributed by atoms with Crippen molar-refractivity contribution in [1.29, 1.82) is 5.26 Å². The van der Waals surface area contributed by atoms with Crippen LogP contribution in [0, 0.1) is 11.3 Å². The minimum absolute atomic E-state index is 0.275. The highest BCUT2D eigenvalue weighted by Crippen LogP contribution is 2.31. The number of nitriles is 1. The van der Waals surface area contributed by atoms with E-state index in [4.69, 9.17) is 15.7 Å². The van der Waals surface area contributed by atoms with E-state index in [1.807, 2.05) is 44.2 Å². The predicted octanol–water partition coefficient (Wildman–Crippen LogP) is 5.78. The molecule has 0 bridgehead atoms. The molecule has 1 aromatic carbocycles. The Morgan fingerprint density at radius 2 is 1.89 bits per heavy atom. The molecule has 0 atom stereocenters. The number of nitrogens with zero attached hydrogens (tertiary/aromatic N) is 8. The molecule has 1 aliphatic heterocycles. The highest BCUT2D eigenvalue weighted by Gasteiger charge is 2.22. The van der Waals surface area contributed by atoms with E-state index in [1.54, 1.807) is 12.4 Å². The first-order valence-electron chi connectivity index (χ1n) is 14.8. The second kappa shape index (κ2) is 12.9. The maximum atomic E-state index is 9.34. The summed E-state index contributed by atoms with van der Waals surface area (Å²) in [6, 6.07) is 18.8. The van der Waals surface area contributed by atoms with E-state index in [0.29, 0.717) is 23.0 Å². The zero-order chi connectivity index (χ0) is 30.5. The van der Waals surface area contributed by atoms with Gasteiger partial charge in [0, 0.05) is 37.6 Å². The number of piperidine rings is 1. The van der Waals surface area contributed by atoms with Gasteiger partial charge in [-0.15, -0.1) is 0 Å². The average Bonchev–Trinajstić information content (AvgIpc) is 3.44. The number of fused-ring (bicyclic) bond motifs is 1. The fraction of sp³-hybridized carbons (Fsp3) is 0.235. The Labute approximate surface area is 256 Å². The molecule has 10 nitrogen and oxygen atoms in total. The molecule has 0 spiro atoms. The number of aromatic nitrogens is 6. The molecule has 1 saturated heterocycles. The van der Waals surface area contributed by atoms with Gasteiger partial charge in [0.2, 0.25) is 0 Å². The van der Waals surface area contributed by atoms with Crippen molar-refractivity contribution in [3.05, 3.63) is 102 Å². The number of nitrogens with two attached hydrogens (primary N) is 1. The average molecular weight is 583 g/mol. The molecule has 6 rings (SSSR count). The summed E-state index contributed by atoms with van der Waals surface area (Å²) in [5, 5.41) is 12.8. The number of pyridine rings is 2. The third kappa shape index (κ3) is 5.91. The molecular weight excluding hydrogens is 548 g/mol. The maximum Gasteiger partial charge on any atom is 0.165 e. The van der Waals surface area contributed by atoms with Crippen LogP contribution in [0.2, 0.25) is 0 Å². The van der Waals surface area contributed by atoms with Crippen LogP contribution in [0.3, 0.4) is 0 Å². The number of nitrogen functional groups attached to an aromatic ring is 1. The lowest BCUT2D eigenvalue weighted by atomic mass is 10.0. The van der Waals surface area contributed by atoms with Crippen molar-refractivity contribution < 1.29 is 0 Å². The number of hydrogen-bond donors (Lipinski definition) is 2. The summed E-state index contributed by atoms with van der Waals surface area (Å²) in [6.07, 6.45) is 12.8. The number of imidazole rings is 1. The molecule has 0 aliphatic carbocycles. The second-order valence-electron chi connectivity index (χ2n) is 10.7. The molecule has 0 amide bonds. The number of nitrogens with one attached hydrogen (secondary N) is 1. The van der Waals surface area contributed by atoms with Crippen LogP contribution >= 0.6 is 0 Å². The van der Waals surface area contributed by atoms with Gasteiger partial charge in [0.1, 0.15) is 35.1 Å². The Kier molecular flexibility index (Phi) is 8.39. The zero-order valence-corrected chi connectivity index (χ0v) is 24.9. The van der Waals surface area contributed by atoms with Crippen molar-refractivity contribution in [3.63, 3.8) is 0 Å². The van der Waals surface area contributed by atoms with E-state index in [0.717, 1.165) is 66.2 Å². The molecule has 3 N–H and O–H groups in total. The normalized spacial score (nSPS) is 14.7. The van der Waals surface area contributed by atoms with E-state index in [-0.39, 0.29) is 6.04 Å². The van der Waals surface area contributed by atoms with Crippen molar-refractivity contribution in [1.82, 2.24) is 34.4 Å². The van der Waals surface area contributed by atoms with Crippen molar-refractivity contribution in [3.8, 4) is 23.1 Å². The number of rotatable bonds is 8. The first kappa shape index (κ1) is 28.7. The molecule has 4 aromatic heterocycles. The Morgan fingerprint density at radius 1 is 1.07 bits per heavy atom. The summed E-state index contributed by atoms with van der Waals surface area (Å²) in [5.41, 5.74) is 13.2. The molecular formula is C34H34N10. The van der Waals surface area contributed by atoms with Crippen LogP contribution in [-0.4, -0.2) is 53.5 Å². The van der Waals surface area contributed by atoms with Gasteiger partial charge in [-0.3, -0.25) is 9.47 Å². The van der Waals surface area contributed by atoms with Gasteiger partial charge >= 0.3 is 0 Å². The van der Waals surface area contributed by atoms with E-state index < -0.39 is 0 Å². The highest BCUT2D eigenvalue weighted by atomic mass is 15.2. The fourth-order valence-corrected chi connectivity index (χ4v) is 5.62. The molecule has 5 aromatic rings. The summed E-state index contributed by atoms with van der Waals surface area (Å²) in [5.74, 6) is 1.74. The summed E-state index contributed by atoms with van der Waals surface area (Å²) >= 11 is 0. The molecule has 1 aliphatic rings. The predicted molar refractivity (Wildman–Crippen MR) is 174 cm³/mol. The second-order valence-corrected chi connectivity index (χ2v) is 10.7. The van der Waals surface area contributed by atoms with Gasteiger partial charge in [-0.05, 0) is 74.2 Å². The maximum absolute atomic E-state index is 9.34. The largest absolute Gasteiger partial charge is 0.383 e. The minimum atomic E-state index is 0.275. The van der Waals surface area contributed by atoms with Crippen molar-refractivity contribution in [2.24, 2.45) is 0 Å². The first-order valence-corrected chi connectivity index (χ1v) is 14.8. The van der Waals surface area contributed by atoms with E-state index >= 15 is 0 Å². The Hall–Kier alpha value is -5.40. The summed E-state index contributed by atoms with van der Waals surface area (Å²) in [6.45, 7) is 6.78.